The third kappa shape index (κ3) is 3.18. The second-order valence-corrected chi connectivity index (χ2v) is 4.92. The van der Waals surface area contributed by atoms with Crippen molar-refractivity contribution in [3.8, 4) is 0 Å². The fourth-order valence-corrected chi connectivity index (χ4v) is 2.13. The fourth-order valence-electron chi connectivity index (χ4n) is 2.13. The highest BCUT2D eigenvalue weighted by atomic mass is 15.1. The SMILES string of the molecule is C=C/C(C)=C\n1c(C)nc(CCc2ccccc2)c1N. The van der Waals surface area contributed by atoms with Crippen LogP contribution in [-0.2, 0) is 12.8 Å². The summed E-state index contributed by atoms with van der Waals surface area (Å²) in [7, 11) is 0. The molecule has 2 N–H and O–H groups in total. The van der Waals surface area contributed by atoms with Gasteiger partial charge in [-0.1, -0.05) is 43.0 Å². The predicted octanol–water partition coefficient (Wildman–Crippen LogP) is 3.61. The highest BCUT2D eigenvalue weighted by molar-refractivity contribution is 5.50. The van der Waals surface area contributed by atoms with E-state index >= 15 is 0 Å². The molecule has 0 amide bonds. The van der Waals surface area contributed by atoms with Crippen molar-refractivity contribution < 1.29 is 0 Å². The Kier molecular flexibility index (Phi) is 4.41. The van der Waals surface area contributed by atoms with Crippen molar-refractivity contribution in [3.05, 3.63) is 65.6 Å². The van der Waals surface area contributed by atoms with E-state index in [0.717, 1.165) is 35.8 Å². The van der Waals surface area contributed by atoms with Crippen molar-refractivity contribution in [2.45, 2.75) is 26.7 Å². The van der Waals surface area contributed by atoms with Gasteiger partial charge in [0.25, 0.3) is 0 Å². The van der Waals surface area contributed by atoms with Gasteiger partial charge in [0.1, 0.15) is 11.6 Å². The number of hydrogen-bond donors (Lipinski definition) is 1. The number of nitrogens with zero attached hydrogens (tertiary/aromatic N) is 2. The molecule has 0 atom stereocenters. The molecule has 2 aromatic rings. The van der Waals surface area contributed by atoms with Crippen LogP contribution in [0.4, 0.5) is 5.82 Å². The Morgan fingerprint density at radius 2 is 2.00 bits per heavy atom. The van der Waals surface area contributed by atoms with Crippen LogP contribution in [0.1, 0.15) is 24.0 Å². The summed E-state index contributed by atoms with van der Waals surface area (Å²) in [5, 5.41) is 0. The van der Waals surface area contributed by atoms with Gasteiger partial charge in [0, 0.05) is 6.20 Å². The molecule has 1 aromatic carbocycles. The predicted molar refractivity (Wildman–Crippen MR) is 85.4 cm³/mol. The van der Waals surface area contributed by atoms with Crippen LogP contribution in [0.25, 0.3) is 6.20 Å². The fraction of sp³-hybridized carbons (Fsp3) is 0.235. The molecule has 3 heteroatoms. The normalized spacial score (nSPS) is 11.6. The number of aromatic nitrogens is 2. The molecule has 0 saturated heterocycles. The minimum Gasteiger partial charge on any atom is -0.383 e. The molecule has 0 saturated carbocycles. The Balaban J connectivity index is 2.18. The topological polar surface area (TPSA) is 43.8 Å². The molecular weight excluding hydrogens is 246 g/mol. The largest absolute Gasteiger partial charge is 0.383 e. The van der Waals surface area contributed by atoms with E-state index < -0.39 is 0 Å². The van der Waals surface area contributed by atoms with Crippen molar-refractivity contribution in [1.82, 2.24) is 9.55 Å². The number of imidazole rings is 1. The van der Waals surface area contributed by atoms with Crippen LogP contribution in [0.5, 0.6) is 0 Å². The second-order valence-electron chi connectivity index (χ2n) is 4.92. The van der Waals surface area contributed by atoms with E-state index in [1.807, 2.05) is 36.8 Å². The van der Waals surface area contributed by atoms with Gasteiger partial charge in [-0.15, -0.1) is 0 Å². The Hall–Kier alpha value is -2.29. The summed E-state index contributed by atoms with van der Waals surface area (Å²) >= 11 is 0. The Morgan fingerprint density at radius 3 is 2.65 bits per heavy atom. The van der Waals surface area contributed by atoms with E-state index in [1.54, 1.807) is 0 Å². The second kappa shape index (κ2) is 6.24. The van der Waals surface area contributed by atoms with Crippen molar-refractivity contribution in [3.63, 3.8) is 0 Å². The van der Waals surface area contributed by atoms with Gasteiger partial charge >= 0.3 is 0 Å². The number of benzene rings is 1. The Morgan fingerprint density at radius 1 is 1.30 bits per heavy atom. The van der Waals surface area contributed by atoms with E-state index in [0.29, 0.717) is 0 Å². The van der Waals surface area contributed by atoms with Crippen LogP contribution in [-0.4, -0.2) is 9.55 Å². The summed E-state index contributed by atoms with van der Waals surface area (Å²) in [6.45, 7) is 7.72. The van der Waals surface area contributed by atoms with Crippen LogP contribution < -0.4 is 5.73 Å². The standard InChI is InChI=1S/C17H21N3/c1-4-13(2)12-20-14(3)19-16(17(20)18)11-10-15-8-6-5-7-9-15/h4-9,12H,1,10-11,18H2,2-3H3/b13-12-. The first-order chi connectivity index (χ1) is 9.61. The Labute approximate surface area is 120 Å². The molecular formula is C17H21N3. The molecule has 0 bridgehead atoms. The van der Waals surface area contributed by atoms with Crippen molar-refractivity contribution >= 4 is 12.0 Å². The van der Waals surface area contributed by atoms with Gasteiger partial charge in [-0.2, -0.15) is 0 Å². The highest BCUT2D eigenvalue weighted by Crippen LogP contribution is 2.18. The lowest BCUT2D eigenvalue weighted by Crippen LogP contribution is -2.00. The maximum absolute atomic E-state index is 6.19. The van der Waals surface area contributed by atoms with Crippen LogP contribution >= 0.6 is 0 Å². The third-order valence-electron chi connectivity index (χ3n) is 3.35. The zero-order valence-electron chi connectivity index (χ0n) is 12.1. The molecule has 1 heterocycles. The van der Waals surface area contributed by atoms with Gasteiger partial charge in [0.15, 0.2) is 0 Å². The summed E-state index contributed by atoms with van der Waals surface area (Å²) in [6.07, 6.45) is 5.58. The maximum Gasteiger partial charge on any atom is 0.130 e. The first-order valence-electron chi connectivity index (χ1n) is 6.79. The molecule has 104 valence electrons. The average molecular weight is 267 g/mol. The summed E-state index contributed by atoms with van der Waals surface area (Å²) in [5.74, 6) is 1.63. The maximum atomic E-state index is 6.19. The molecule has 20 heavy (non-hydrogen) atoms. The lowest BCUT2D eigenvalue weighted by Gasteiger charge is -2.03. The third-order valence-corrected chi connectivity index (χ3v) is 3.35. The van der Waals surface area contributed by atoms with Crippen LogP contribution in [0.15, 0.2) is 48.6 Å². The van der Waals surface area contributed by atoms with Crippen LogP contribution in [0.3, 0.4) is 0 Å². The monoisotopic (exact) mass is 267 g/mol. The summed E-state index contributed by atoms with van der Waals surface area (Å²) in [4.78, 5) is 4.57. The molecule has 0 aliphatic rings. The number of rotatable bonds is 5. The number of allylic oxidation sites excluding steroid dienone is 2. The molecule has 0 radical (unpaired) electrons. The van der Waals surface area contributed by atoms with Gasteiger partial charge in [-0.05, 0) is 37.8 Å². The quantitative estimate of drug-likeness (QED) is 0.841. The molecule has 1 aromatic heterocycles. The first-order valence-corrected chi connectivity index (χ1v) is 6.79. The Bertz CT molecular complexity index is 621. The summed E-state index contributed by atoms with van der Waals surface area (Å²) < 4.78 is 1.93. The van der Waals surface area contributed by atoms with E-state index in [9.17, 15) is 0 Å². The van der Waals surface area contributed by atoms with Crippen molar-refractivity contribution in [2.24, 2.45) is 0 Å². The zero-order chi connectivity index (χ0) is 14.5. The van der Waals surface area contributed by atoms with E-state index in [1.165, 1.54) is 5.56 Å². The number of nitrogen functional groups attached to an aromatic ring is 1. The van der Waals surface area contributed by atoms with E-state index in [4.69, 9.17) is 5.73 Å². The molecule has 3 nitrogen and oxygen atoms in total. The van der Waals surface area contributed by atoms with Crippen LogP contribution in [0.2, 0.25) is 0 Å². The summed E-state index contributed by atoms with van der Waals surface area (Å²) in [6, 6.07) is 10.4. The number of hydrogen-bond acceptors (Lipinski definition) is 2. The van der Waals surface area contributed by atoms with Crippen LogP contribution in [0, 0.1) is 6.92 Å². The highest BCUT2D eigenvalue weighted by Gasteiger charge is 2.10. The van der Waals surface area contributed by atoms with Gasteiger partial charge in [-0.25, -0.2) is 4.98 Å². The minimum absolute atomic E-state index is 0.722. The van der Waals surface area contributed by atoms with E-state index in [2.05, 4.69) is 35.8 Å². The molecule has 0 aliphatic carbocycles. The minimum atomic E-state index is 0.722. The lowest BCUT2D eigenvalue weighted by molar-refractivity contribution is 0.921. The first kappa shape index (κ1) is 14.1. The molecule has 0 unspecified atom stereocenters. The molecule has 0 spiro atoms. The number of nitrogens with two attached hydrogens (primary N) is 1. The van der Waals surface area contributed by atoms with Gasteiger partial charge in [0.2, 0.25) is 0 Å². The smallest absolute Gasteiger partial charge is 0.130 e. The van der Waals surface area contributed by atoms with Gasteiger partial charge in [-0.3, -0.25) is 4.57 Å². The van der Waals surface area contributed by atoms with Crippen molar-refractivity contribution in [1.29, 1.82) is 0 Å². The molecule has 2 rings (SSSR count). The molecule has 0 fully saturated rings. The average Bonchev–Trinajstić information content (AvgIpc) is 2.73. The van der Waals surface area contributed by atoms with E-state index in [-0.39, 0.29) is 0 Å². The lowest BCUT2D eigenvalue weighted by atomic mass is 10.1. The van der Waals surface area contributed by atoms with Gasteiger partial charge < -0.3 is 5.73 Å². The van der Waals surface area contributed by atoms with Gasteiger partial charge in [0.05, 0.1) is 5.69 Å². The van der Waals surface area contributed by atoms with Crippen molar-refractivity contribution in [2.75, 3.05) is 5.73 Å². The zero-order valence-corrected chi connectivity index (χ0v) is 12.1. The summed E-state index contributed by atoms with van der Waals surface area (Å²) in [5.41, 5.74) is 9.52. The number of anilines is 1. The number of aryl methyl sites for hydroxylation is 3. The molecule has 0 aliphatic heterocycles.